The third-order valence-corrected chi connectivity index (χ3v) is 5.63. The van der Waals surface area contributed by atoms with E-state index in [1.807, 2.05) is 4.90 Å². The van der Waals surface area contributed by atoms with E-state index in [2.05, 4.69) is 25.1 Å². The molecule has 2 saturated heterocycles. The molecular weight excluding hydrogens is 359 g/mol. The highest BCUT2D eigenvalue weighted by molar-refractivity contribution is 6.00. The predicted octanol–water partition coefficient (Wildman–Crippen LogP) is 2.50. The maximum absolute atomic E-state index is 13.6. The van der Waals surface area contributed by atoms with E-state index in [1.165, 1.54) is 18.3 Å². The van der Waals surface area contributed by atoms with E-state index in [1.54, 1.807) is 30.6 Å². The number of likely N-dealkylation sites (tertiary alicyclic amines) is 1. The molecule has 0 bridgehead atoms. The summed E-state index contributed by atoms with van der Waals surface area (Å²) < 4.78 is 13.6. The fourth-order valence-corrected chi connectivity index (χ4v) is 4.39. The van der Waals surface area contributed by atoms with Gasteiger partial charge < -0.3 is 9.80 Å². The lowest BCUT2D eigenvalue weighted by Gasteiger charge is -2.25. The van der Waals surface area contributed by atoms with Crippen molar-refractivity contribution >= 4 is 11.9 Å². The highest BCUT2D eigenvalue weighted by atomic mass is 19.1. The van der Waals surface area contributed by atoms with Crippen molar-refractivity contribution in [1.29, 1.82) is 0 Å². The summed E-state index contributed by atoms with van der Waals surface area (Å²) in [5, 5.41) is 6.90. The van der Waals surface area contributed by atoms with Crippen LogP contribution < -0.4 is 4.90 Å². The molecule has 5 rings (SSSR count). The van der Waals surface area contributed by atoms with Gasteiger partial charge in [-0.3, -0.25) is 9.89 Å². The molecule has 1 aromatic carbocycles. The van der Waals surface area contributed by atoms with Crippen LogP contribution in [0.15, 0.2) is 48.9 Å². The van der Waals surface area contributed by atoms with Crippen LogP contribution in [0.4, 0.5) is 10.3 Å². The van der Waals surface area contributed by atoms with Crippen molar-refractivity contribution in [2.24, 2.45) is 0 Å². The Hall–Kier alpha value is -3.29. The fourth-order valence-electron chi connectivity index (χ4n) is 4.39. The molecule has 4 heterocycles. The summed E-state index contributed by atoms with van der Waals surface area (Å²) in [5.74, 6) is 0.297. The van der Waals surface area contributed by atoms with E-state index in [9.17, 15) is 9.18 Å². The lowest BCUT2D eigenvalue weighted by atomic mass is 10.1. The number of amides is 1. The van der Waals surface area contributed by atoms with Gasteiger partial charge in [0.25, 0.3) is 5.91 Å². The lowest BCUT2D eigenvalue weighted by Crippen LogP contribution is -2.40. The van der Waals surface area contributed by atoms with Gasteiger partial charge in [-0.2, -0.15) is 5.10 Å². The van der Waals surface area contributed by atoms with Gasteiger partial charge in [-0.1, -0.05) is 12.1 Å². The maximum atomic E-state index is 13.6. The van der Waals surface area contributed by atoms with Gasteiger partial charge in [0, 0.05) is 31.0 Å². The number of H-pyrrole nitrogens is 1. The van der Waals surface area contributed by atoms with Gasteiger partial charge in [0.2, 0.25) is 5.95 Å². The number of aromatic nitrogens is 4. The van der Waals surface area contributed by atoms with Gasteiger partial charge in [0.15, 0.2) is 0 Å². The zero-order valence-electron chi connectivity index (χ0n) is 15.1. The van der Waals surface area contributed by atoms with Gasteiger partial charge in [0.05, 0.1) is 29.5 Å². The molecule has 1 N–H and O–H groups in total. The molecule has 0 aliphatic carbocycles. The molecule has 7 nitrogen and oxygen atoms in total. The van der Waals surface area contributed by atoms with Crippen LogP contribution in [-0.2, 0) is 0 Å². The third kappa shape index (κ3) is 2.72. The summed E-state index contributed by atoms with van der Waals surface area (Å²) in [4.78, 5) is 26.1. The molecule has 0 saturated carbocycles. The normalized spacial score (nSPS) is 21.2. The molecule has 3 aromatic rings. The van der Waals surface area contributed by atoms with Gasteiger partial charge in [-0.25, -0.2) is 14.4 Å². The van der Waals surface area contributed by atoms with Crippen molar-refractivity contribution in [2.75, 3.05) is 18.0 Å². The molecule has 2 fully saturated rings. The Balaban J connectivity index is 1.40. The molecule has 1 amide bonds. The van der Waals surface area contributed by atoms with Crippen molar-refractivity contribution in [1.82, 2.24) is 25.1 Å². The minimum Gasteiger partial charge on any atom is -0.336 e. The Bertz CT molecular complexity index is 1010. The number of hydrogen-bond donors (Lipinski definition) is 1. The van der Waals surface area contributed by atoms with Crippen LogP contribution in [-0.4, -0.2) is 56.1 Å². The Morgan fingerprint density at radius 2 is 1.93 bits per heavy atom. The topological polar surface area (TPSA) is 78.0 Å². The number of nitrogens with one attached hydrogen (secondary N) is 1. The Labute approximate surface area is 161 Å². The highest BCUT2D eigenvalue weighted by Gasteiger charge is 2.45. The molecule has 142 valence electrons. The quantitative estimate of drug-likeness (QED) is 0.758. The smallest absolute Gasteiger partial charge is 0.258 e. The molecule has 2 aromatic heterocycles. The van der Waals surface area contributed by atoms with Crippen LogP contribution in [0.1, 0.15) is 23.2 Å². The van der Waals surface area contributed by atoms with Crippen LogP contribution in [0.2, 0.25) is 0 Å². The minimum atomic E-state index is -0.346. The third-order valence-electron chi connectivity index (χ3n) is 5.63. The monoisotopic (exact) mass is 378 g/mol. The minimum absolute atomic E-state index is 0.0728. The summed E-state index contributed by atoms with van der Waals surface area (Å²) in [6, 6.07) is 8.31. The van der Waals surface area contributed by atoms with Crippen LogP contribution in [0.5, 0.6) is 0 Å². The number of nitrogens with zero attached hydrogens (tertiary/aromatic N) is 5. The first-order valence-corrected chi connectivity index (χ1v) is 9.36. The van der Waals surface area contributed by atoms with Gasteiger partial charge in [0.1, 0.15) is 5.82 Å². The van der Waals surface area contributed by atoms with Crippen molar-refractivity contribution in [3.05, 3.63) is 60.3 Å². The maximum Gasteiger partial charge on any atom is 0.258 e. The molecule has 2 atom stereocenters. The van der Waals surface area contributed by atoms with E-state index in [0.717, 1.165) is 19.4 Å². The first kappa shape index (κ1) is 16.9. The number of halogens is 1. The predicted molar refractivity (Wildman–Crippen MR) is 101 cm³/mol. The van der Waals surface area contributed by atoms with Gasteiger partial charge in [-0.15, -0.1) is 0 Å². The number of rotatable bonds is 3. The van der Waals surface area contributed by atoms with E-state index in [4.69, 9.17) is 0 Å². The zero-order chi connectivity index (χ0) is 19.1. The largest absolute Gasteiger partial charge is 0.336 e. The molecular formula is C20H19FN6O. The Morgan fingerprint density at radius 1 is 1.11 bits per heavy atom. The van der Waals surface area contributed by atoms with Crippen molar-refractivity contribution in [3.63, 3.8) is 0 Å². The molecule has 0 unspecified atom stereocenters. The molecule has 2 aliphatic rings. The number of anilines is 1. The van der Waals surface area contributed by atoms with E-state index < -0.39 is 0 Å². The lowest BCUT2D eigenvalue weighted by molar-refractivity contribution is 0.0738. The summed E-state index contributed by atoms with van der Waals surface area (Å²) >= 11 is 0. The van der Waals surface area contributed by atoms with Crippen molar-refractivity contribution < 1.29 is 9.18 Å². The zero-order valence-corrected chi connectivity index (χ0v) is 15.1. The number of carbonyl (C=O) groups excluding carboxylic acids is 1. The summed E-state index contributed by atoms with van der Waals surface area (Å²) in [6.07, 6.45) is 6.76. The second kappa shape index (κ2) is 6.70. The molecule has 28 heavy (non-hydrogen) atoms. The number of hydrogen-bond acceptors (Lipinski definition) is 5. The van der Waals surface area contributed by atoms with Crippen LogP contribution in [0.3, 0.4) is 0 Å². The van der Waals surface area contributed by atoms with Crippen LogP contribution in [0.25, 0.3) is 11.3 Å². The molecule has 0 spiro atoms. The number of fused-ring (bicyclic) bond motifs is 1. The van der Waals surface area contributed by atoms with E-state index in [0.29, 0.717) is 29.3 Å². The first-order chi connectivity index (χ1) is 13.7. The second-order valence-electron chi connectivity index (χ2n) is 7.12. The number of benzene rings is 1. The molecule has 2 aliphatic heterocycles. The summed E-state index contributed by atoms with van der Waals surface area (Å²) in [6.45, 7) is 1.50. The van der Waals surface area contributed by atoms with E-state index in [-0.39, 0.29) is 23.8 Å². The summed E-state index contributed by atoms with van der Waals surface area (Å²) in [5.41, 5.74) is 1.64. The van der Waals surface area contributed by atoms with E-state index >= 15 is 0 Å². The average Bonchev–Trinajstić information content (AvgIpc) is 3.44. The number of carbonyl (C=O) groups is 1. The van der Waals surface area contributed by atoms with Gasteiger partial charge >= 0.3 is 0 Å². The highest BCUT2D eigenvalue weighted by Crippen LogP contribution is 2.35. The first-order valence-electron chi connectivity index (χ1n) is 9.36. The molecule has 8 heteroatoms. The Kier molecular flexibility index (Phi) is 4.03. The Morgan fingerprint density at radius 3 is 2.75 bits per heavy atom. The van der Waals surface area contributed by atoms with Crippen molar-refractivity contribution in [3.8, 4) is 11.3 Å². The summed E-state index contributed by atoms with van der Waals surface area (Å²) in [7, 11) is 0. The SMILES string of the molecule is O=C(c1cn[nH]c1-c1cccc(F)c1)N1CC[C@H]2[C@@H]1CCN2c1ncccn1. The van der Waals surface area contributed by atoms with Crippen molar-refractivity contribution in [2.45, 2.75) is 24.9 Å². The van der Waals surface area contributed by atoms with Crippen LogP contribution in [0, 0.1) is 5.82 Å². The van der Waals surface area contributed by atoms with Crippen LogP contribution >= 0.6 is 0 Å². The number of aromatic amines is 1. The van der Waals surface area contributed by atoms with Gasteiger partial charge in [-0.05, 0) is 31.0 Å². The fraction of sp³-hybridized carbons (Fsp3) is 0.300. The second-order valence-corrected chi connectivity index (χ2v) is 7.12. The molecule has 0 radical (unpaired) electrons. The standard InChI is InChI=1S/C20H19FN6O/c21-14-4-1-3-13(11-14)18-15(12-24-25-18)19(28)26-9-5-17-16(26)6-10-27(17)20-22-7-2-8-23-20/h1-4,7-8,11-12,16-17H,5-6,9-10H2,(H,24,25)/t16-,17-/m0/s1. The average molecular weight is 378 g/mol.